The molecule has 2 rings (SSSR count). The van der Waals surface area contributed by atoms with E-state index in [-0.39, 0.29) is 12.5 Å². The second-order valence-electron chi connectivity index (χ2n) is 5.77. The summed E-state index contributed by atoms with van der Waals surface area (Å²) in [6.07, 6.45) is 1.40. The van der Waals surface area contributed by atoms with Crippen molar-refractivity contribution in [2.45, 2.75) is 0 Å². The van der Waals surface area contributed by atoms with Crippen LogP contribution < -0.4 is 30.0 Å². The molecule has 8 heteroatoms. The minimum absolute atomic E-state index is 0.166. The second kappa shape index (κ2) is 10.0. The van der Waals surface area contributed by atoms with Crippen LogP contribution in [0.3, 0.4) is 0 Å². The van der Waals surface area contributed by atoms with Crippen LogP contribution in [0.15, 0.2) is 36.4 Å². The molecule has 3 N–H and O–H groups in total. The number of methoxy groups -OCH3 is 4. The Bertz CT molecular complexity index is 938. The summed E-state index contributed by atoms with van der Waals surface area (Å²) in [5, 5.41) is 12.0. The van der Waals surface area contributed by atoms with Crippen LogP contribution in [0.1, 0.15) is 11.1 Å². The fourth-order valence-electron chi connectivity index (χ4n) is 2.81. The van der Waals surface area contributed by atoms with Crippen LogP contribution in [-0.4, -0.2) is 40.9 Å². The zero-order valence-electron chi connectivity index (χ0n) is 16.7. The van der Waals surface area contributed by atoms with Gasteiger partial charge in [0.2, 0.25) is 11.7 Å². The zero-order valence-corrected chi connectivity index (χ0v) is 16.7. The van der Waals surface area contributed by atoms with Gasteiger partial charge in [0.25, 0.3) is 0 Å². The molecule has 0 unspecified atom stereocenters. The number of ether oxygens (including phenoxy) is 4. The summed E-state index contributed by atoms with van der Waals surface area (Å²) in [5.74, 6) is 1.46. The summed E-state index contributed by atoms with van der Waals surface area (Å²) in [7, 11) is 6.05. The van der Waals surface area contributed by atoms with E-state index in [9.17, 15) is 10.1 Å². The number of rotatable bonds is 8. The van der Waals surface area contributed by atoms with Gasteiger partial charge in [-0.25, -0.2) is 0 Å². The van der Waals surface area contributed by atoms with E-state index in [1.165, 1.54) is 34.5 Å². The molecule has 0 saturated heterocycles. The molecule has 0 aliphatic rings. The fourth-order valence-corrected chi connectivity index (χ4v) is 2.81. The standard InChI is InChI=1S/C21H23N3O5/c1-26-17-6-5-13(9-16(17)24-20(25)12-23)15(7-8-22)14-10-18(27-2)21(29-4)19(11-14)28-3/h5-7,9-11H,12,23H2,1-4H3,(H,24,25)/b15-7+. The Labute approximate surface area is 169 Å². The van der Waals surface area contributed by atoms with Crippen molar-refractivity contribution in [3.05, 3.63) is 47.5 Å². The molecule has 0 atom stereocenters. The van der Waals surface area contributed by atoms with Gasteiger partial charge in [0.05, 0.1) is 46.7 Å². The largest absolute Gasteiger partial charge is 0.495 e. The number of nitrogens with zero attached hydrogens (tertiary/aromatic N) is 1. The molecule has 8 nitrogen and oxygen atoms in total. The molecule has 0 fully saturated rings. The molecule has 0 bridgehead atoms. The maximum atomic E-state index is 11.8. The molecule has 0 spiro atoms. The van der Waals surface area contributed by atoms with E-state index in [0.29, 0.717) is 45.4 Å². The Morgan fingerprint density at radius 3 is 2.10 bits per heavy atom. The van der Waals surface area contributed by atoms with E-state index in [0.717, 1.165) is 0 Å². The molecule has 0 aromatic heterocycles. The molecule has 0 radical (unpaired) electrons. The van der Waals surface area contributed by atoms with Gasteiger partial charge in [0.1, 0.15) is 5.75 Å². The maximum Gasteiger partial charge on any atom is 0.238 e. The second-order valence-corrected chi connectivity index (χ2v) is 5.77. The van der Waals surface area contributed by atoms with Gasteiger partial charge in [-0.15, -0.1) is 0 Å². The van der Waals surface area contributed by atoms with Crippen LogP contribution in [0.25, 0.3) is 5.57 Å². The molecule has 0 aliphatic heterocycles. The van der Waals surface area contributed by atoms with Crippen molar-refractivity contribution in [1.82, 2.24) is 0 Å². The first-order valence-electron chi connectivity index (χ1n) is 8.61. The predicted octanol–water partition coefficient (Wildman–Crippen LogP) is 2.57. The number of hydrogen-bond donors (Lipinski definition) is 2. The number of benzene rings is 2. The summed E-state index contributed by atoms with van der Waals surface area (Å²) < 4.78 is 21.5. The highest BCUT2D eigenvalue weighted by atomic mass is 16.5. The minimum atomic E-state index is -0.362. The number of nitrogens with two attached hydrogens (primary N) is 1. The molecule has 2 aromatic rings. The average Bonchev–Trinajstić information content (AvgIpc) is 2.76. The minimum Gasteiger partial charge on any atom is -0.495 e. The summed E-state index contributed by atoms with van der Waals surface area (Å²) in [4.78, 5) is 11.8. The highest BCUT2D eigenvalue weighted by Gasteiger charge is 2.17. The molecule has 0 heterocycles. The summed E-state index contributed by atoms with van der Waals surface area (Å²) in [6.45, 7) is -0.166. The highest BCUT2D eigenvalue weighted by Crippen LogP contribution is 2.41. The van der Waals surface area contributed by atoms with Gasteiger partial charge in [-0.05, 0) is 41.0 Å². The van der Waals surface area contributed by atoms with Gasteiger partial charge in [0.15, 0.2) is 11.5 Å². The smallest absolute Gasteiger partial charge is 0.238 e. The summed E-state index contributed by atoms with van der Waals surface area (Å²) in [5.41, 5.74) is 7.77. The van der Waals surface area contributed by atoms with Gasteiger partial charge in [-0.1, -0.05) is 6.07 Å². The molecule has 152 valence electrons. The third kappa shape index (κ3) is 4.78. The Morgan fingerprint density at radius 2 is 1.62 bits per heavy atom. The lowest BCUT2D eigenvalue weighted by Gasteiger charge is -2.17. The Morgan fingerprint density at radius 1 is 1.00 bits per heavy atom. The van der Waals surface area contributed by atoms with E-state index in [1.807, 2.05) is 0 Å². The fraction of sp³-hybridized carbons (Fsp3) is 0.238. The lowest BCUT2D eigenvalue weighted by atomic mass is 9.96. The van der Waals surface area contributed by atoms with Crippen molar-refractivity contribution in [2.24, 2.45) is 5.73 Å². The molecule has 0 aliphatic carbocycles. The van der Waals surface area contributed by atoms with Crippen LogP contribution in [0, 0.1) is 11.3 Å². The van der Waals surface area contributed by atoms with Crippen LogP contribution >= 0.6 is 0 Å². The molecule has 1 amide bonds. The van der Waals surface area contributed by atoms with Crippen molar-refractivity contribution in [3.8, 4) is 29.1 Å². The third-order valence-electron chi connectivity index (χ3n) is 4.15. The predicted molar refractivity (Wildman–Crippen MR) is 109 cm³/mol. The number of carbonyl (C=O) groups is 1. The lowest BCUT2D eigenvalue weighted by Crippen LogP contribution is -2.22. The molecular formula is C21H23N3O5. The molecule has 29 heavy (non-hydrogen) atoms. The Balaban J connectivity index is 2.64. The normalized spacial score (nSPS) is 10.7. The van der Waals surface area contributed by atoms with Crippen molar-refractivity contribution in [1.29, 1.82) is 5.26 Å². The maximum absolute atomic E-state index is 11.8. The van der Waals surface area contributed by atoms with Crippen molar-refractivity contribution in [3.63, 3.8) is 0 Å². The number of allylic oxidation sites excluding steroid dienone is 1. The molecular weight excluding hydrogens is 374 g/mol. The topological polar surface area (TPSA) is 116 Å². The Kier molecular flexibility index (Phi) is 7.46. The monoisotopic (exact) mass is 397 g/mol. The number of hydrogen-bond acceptors (Lipinski definition) is 7. The van der Waals surface area contributed by atoms with E-state index in [1.54, 1.807) is 30.3 Å². The lowest BCUT2D eigenvalue weighted by molar-refractivity contribution is -0.114. The average molecular weight is 397 g/mol. The number of anilines is 1. The van der Waals surface area contributed by atoms with E-state index < -0.39 is 0 Å². The number of nitrogens with one attached hydrogen (secondary N) is 1. The Hall–Kier alpha value is -3.70. The van der Waals surface area contributed by atoms with Crippen molar-refractivity contribution >= 4 is 17.2 Å². The van der Waals surface area contributed by atoms with Crippen molar-refractivity contribution in [2.75, 3.05) is 40.3 Å². The van der Waals surface area contributed by atoms with E-state index in [2.05, 4.69) is 11.4 Å². The summed E-state index contributed by atoms with van der Waals surface area (Å²) >= 11 is 0. The van der Waals surface area contributed by atoms with Crippen LogP contribution in [0.5, 0.6) is 23.0 Å². The SMILES string of the molecule is COc1ccc(/C(=C\C#N)c2cc(OC)c(OC)c(OC)c2)cc1NC(=O)CN. The van der Waals surface area contributed by atoms with Crippen LogP contribution in [0.2, 0.25) is 0 Å². The first kappa shape index (κ1) is 21.6. The van der Waals surface area contributed by atoms with E-state index >= 15 is 0 Å². The quantitative estimate of drug-likeness (QED) is 0.658. The van der Waals surface area contributed by atoms with E-state index in [4.69, 9.17) is 24.7 Å². The number of amides is 1. The first-order chi connectivity index (χ1) is 14.0. The number of nitriles is 1. The third-order valence-corrected chi connectivity index (χ3v) is 4.15. The van der Waals surface area contributed by atoms with Crippen molar-refractivity contribution < 1.29 is 23.7 Å². The molecule has 2 aromatic carbocycles. The first-order valence-corrected chi connectivity index (χ1v) is 8.61. The van der Waals surface area contributed by atoms with Gasteiger partial charge in [-0.2, -0.15) is 5.26 Å². The van der Waals surface area contributed by atoms with Gasteiger partial charge < -0.3 is 30.0 Å². The van der Waals surface area contributed by atoms with Crippen LogP contribution in [0.4, 0.5) is 5.69 Å². The van der Waals surface area contributed by atoms with Gasteiger partial charge >= 0.3 is 0 Å². The van der Waals surface area contributed by atoms with Gasteiger partial charge in [0, 0.05) is 6.08 Å². The summed E-state index contributed by atoms with van der Waals surface area (Å²) in [6, 6.07) is 10.7. The zero-order chi connectivity index (χ0) is 21.4. The molecule has 0 saturated carbocycles. The van der Waals surface area contributed by atoms with Gasteiger partial charge in [-0.3, -0.25) is 4.79 Å². The van der Waals surface area contributed by atoms with Crippen LogP contribution in [-0.2, 0) is 4.79 Å². The number of carbonyl (C=O) groups excluding carboxylic acids is 1. The highest BCUT2D eigenvalue weighted by molar-refractivity contribution is 5.95.